The molecular weight excluding hydrogens is 272 g/mol. The highest BCUT2D eigenvalue weighted by Crippen LogP contribution is 2.26. The van der Waals surface area contributed by atoms with Crippen molar-refractivity contribution in [2.75, 3.05) is 18.5 Å². The van der Waals surface area contributed by atoms with Crippen molar-refractivity contribution in [3.8, 4) is 6.07 Å². The Kier molecular flexibility index (Phi) is 4.39. The minimum Gasteiger partial charge on any atom is -0.361 e. The van der Waals surface area contributed by atoms with Crippen LogP contribution in [0.1, 0.15) is 15.9 Å². The Morgan fingerprint density at radius 1 is 1.25 bits per heavy atom. The molecule has 20 heavy (non-hydrogen) atoms. The van der Waals surface area contributed by atoms with Crippen LogP contribution < -0.4 is 4.90 Å². The maximum atomic E-state index is 12.6. The third-order valence-corrected chi connectivity index (χ3v) is 3.19. The van der Waals surface area contributed by atoms with Crippen molar-refractivity contribution < 1.29 is 4.79 Å². The number of ketones is 1. The Morgan fingerprint density at radius 2 is 1.95 bits per heavy atom. The van der Waals surface area contributed by atoms with Gasteiger partial charge in [-0.25, -0.2) is 0 Å². The minimum atomic E-state index is -0.104. The summed E-state index contributed by atoms with van der Waals surface area (Å²) in [6.45, 7) is 0.205. The van der Waals surface area contributed by atoms with E-state index in [4.69, 9.17) is 16.9 Å². The number of hydrogen-bond donors (Lipinski definition) is 0. The molecule has 4 heteroatoms. The summed E-state index contributed by atoms with van der Waals surface area (Å²) in [7, 11) is 1.77. The molecule has 0 bridgehead atoms. The maximum Gasteiger partial charge on any atom is 0.195 e. The Labute approximate surface area is 123 Å². The van der Waals surface area contributed by atoms with Crippen LogP contribution in [0.3, 0.4) is 0 Å². The molecular formula is C16H13ClN2O. The fraction of sp³-hybridized carbons (Fsp3) is 0.125. The summed E-state index contributed by atoms with van der Waals surface area (Å²) in [6.07, 6.45) is 0. The number of nitrogens with zero attached hydrogens (tertiary/aromatic N) is 2. The van der Waals surface area contributed by atoms with Gasteiger partial charge in [0, 0.05) is 28.9 Å². The van der Waals surface area contributed by atoms with Crippen LogP contribution in [0.2, 0.25) is 5.02 Å². The molecule has 0 radical (unpaired) electrons. The van der Waals surface area contributed by atoms with Gasteiger partial charge in [-0.05, 0) is 18.2 Å². The molecule has 2 aromatic rings. The topological polar surface area (TPSA) is 44.1 Å². The first-order valence-electron chi connectivity index (χ1n) is 6.11. The molecule has 0 aliphatic rings. The van der Waals surface area contributed by atoms with Gasteiger partial charge >= 0.3 is 0 Å². The first kappa shape index (κ1) is 14.1. The molecule has 0 saturated carbocycles. The van der Waals surface area contributed by atoms with Crippen molar-refractivity contribution in [3.63, 3.8) is 0 Å². The van der Waals surface area contributed by atoms with Crippen LogP contribution in [0.25, 0.3) is 0 Å². The van der Waals surface area contributed by atoms with E-state index in [0.717, 1.165) is 0 Å². The summed E-state index contributed by atoms with van der Waals surface area (Å²) in [5.41, 5.74) is 1.80. The summed E-state index contributed by atoms with van der Waals surface area (Å²) in [4.78, 5) is 14.3. The summed E-state index contributed by atoms with van der Waals surface area (Å²) >= 11 is 5.99. The number of halogens is 1. The largest absolute Gasteiger partial charge is 0.361 e. The summed E-state index contributed by atoms with van der Waals surface area (Å²) < 4.78 is 0. The number of anilines is 1. The monoisotopic (exact) mass is 284 g/mol. The quantitative estimate of drug-likeness (QED) is 0.637. The zero-order valence-electron chi connectivity index (χ0n) is 11.0. The van der Waals surface area contributed by atoms with Crippen molar-refractivity contribution in [1.82, 2.24) is 0 Å². The standard InChI is InChI=1S/C16H13ClN2O/c1-19(10-9-18)15-8-7-13(17)11-14(15)16(20)12-5-3-2-4-6-12/h2-8,11H,10H2,1H3. The van der Waals surface area contributed by atoms with Gasteiger partial charge < -0.3 is 4.90 Å². The van der Waals surface area contributed by atoms with Gasteiger partial charge in [0.05, 0.1) is 6.07 Å². The molecule has 0 N–H and O–H groups in total. The number of rotatable bonds is 4. The minimum absolute atomic E-state index is 0.104. The number of nitriles is 1. The van der Waals surface area contributed by atoms with Crippen molar-refractivity contribution in [1.29, 1.82) is 5.26 Å². The fourth-order valence-electron chi connectivity index (χ4n) is 1.96. The average Bonchev–Trinajstić information content (AvgIpc) is 2.47. The first-order valence-corrected chi connectivity index (χ1v) is 6.48. The molecule has 0 unspecified atom stereocenters. The van der Waals surface area contributed by atoms with Crippen molar-refractivity contribution in [2.45, 2.75) is 0 Å². The van der Waals surface area contributed by atoms with Gasteiger partial charge in [-0.3, -0.25) is 4.79 Å². The lowest BCUT2D eigenvalue weighted by Gasteiger charge is -2.19. The Bertz CT molecular complexity index is 662. The lowest BCUT2D eigenvalue weighted by molar-refractivity contribution is 0.103. The Morgan fingerprint density at radius 3 is 2.60 bits per heavy atom. The fourth-order valence-corrected chi connectivity index (χ4v) is 2.13. The van der Waals surface area contributed by atoms with Crippen LogP contribution in [-0.4, -0.2) is 19.4 Å². The average molecular weight is 285 g/mol. The van der Waals surface area contributed by atoms with E-state index in [1.54, 1.807) is 42.3 Å². The highest BCUT2D eigenvalue weighted by molar-refractivity contribution is 6.31. The van der Waals surface area contributed by atoms with Crippen LogP contribution in [0.15, 0.2) is 48.5 Å². The molecule has 2 rings (SSSR count). The number of benzene rings is 2. The molecule has 2 aromatic carbocycles. The lowest BCUT2D eigenvalue weighted by Crippen LogP contribution is -2.20. The molecule has 0 aliphatic heterocycles. The smallest absolute Gasteiger partial charge is 0.195 e. The van der Waals surface area contributed by atoms with Crippen molar-refractivity contribution >= 4 is 23.1 Å². The molecule has 0 heterocycles. The van der Waals surface area contributed by atoms with Crippen LogP contribution >= 0.6 is 11.6 Å². The van der Waals surface area contributed by atoms with E-state index in [0.29, 0.717) is 21.8 Å². The lowest BCUT2D eigenvalue weighted by atomic mass is 10.0. The zero-order chi connectivity index (χ0) is 14.5. The highest BCUT2D eigenvalue weighted by atomic mass is 35.5. The summed E-state index contributed by atoms with van der Waals surface area (Å²) in [6, 6.07) is 16.2. The van der Waals surface area contributed by atoms with Gasteiger partial charge in [-0.1, -0.05) is 41.9 Å². The van der Waals surface area contributed by atoms with Gasteiger partial charge in [0.15, 0.2) is 5.78 Å². The van der Waals surface area contributed by atoms with Gasteiger partial charge in [-0.2, -0.15) is 5.26 Å². The van der Waals surface area contributed by atoms with E-state index in [9.17, 15) is 4.79 Å². The van der Waals surface area contributed by atoms with E-state index in [1.165, 1.54) is 0 Å². The number of hydrogen-bond acceptors (Lipinski definition) is 3. The molecule has 0 spiro atoms. The maximum absolute atomic E-state index is 12.6. The predicted octanol–water partition coefficient (Wildman–Crippen LogP) is 3.53. The van der Waals surface area contributed by atoms with Crippen molar-refractivity contribution in [3.05, 3.63) is 64.7 Å². The van der Waals surface area contributed by atoms with E-state index in [-0.39, 0.29) is 12.3 Å². The van der Waals surface area contributed by atoms with Gasteiger partial charge in [0.25, 0.3) is 0 Å². The first-order chi connectivity index (χ1) is 9.63. The van der Waals surface area contributed by atoms with Crippen LogP contribution in [-0.2, 0) is 0 Å². The summed E-state index contributed by atoms with van der Waals surface area (Å²) in [5.74, 6) is -0.104. The SMILES string of the molecule is CN(CC#N)c1ccc(Cl)cc1C(=O)c1ccccc1. The molecule has 0 atom stereocenters. The number of carbonyl (C=O) groups excluding carboxylic acids is 1. The van der Waals surface area contributed by atoms with Crippen LogP contribution in [0.5, 0.6) is 0 Å². The second kappa shape index (κ2) is 6.23. The zero-order valence-corrected chi connectivity index (χ0v) is 11.8. The molecule has 0 aromatic heterocycles. The van der Waals surface area contributed by atoms with E-state index < -0.39 is 0 Å². The van der Waals surface area contributed by atoms with Gasteiger partial charge in [-0.15, -0.1) is 0 Å². The van der Waals surface area contributed by atoms with E-state index in [2.05, 4.69) is 6.07 Å². The van der Waals surface area contributed by atoms with Gasteiger partial charge in [0.2, 0.25) is 0 Å². The van der Waals surface area contributed by atoms with Crippen molar-refractivity contribution in [2.24, 2.45) is 0 Å². The van der Waals surface area contributed by atoms with Crippen LogP contribution in [0.4, 0.5) is 5.69 Å². The van der Waals surface area contributed by atoms with E-state index in [1.807, 2.05) is 18.2 Å². The Hall–Kier alpha value is -2.31. The molecule has 100 valence electrons. The third kappa shape index (κ3) is 2.98. The second-order valence-electron chi connectivity index (χ2n) is 4.37. The third-order valence-electron chi connectivity index (χ3n) is 2.96. The molecule has 0 saturated heterocycles. The summed E-state index contributed by atoms with van der Waals surface area (Å²) in [5, 5.41) is 9.29. The van der Waals surface area contributed by atoms with Crippen LogP contribution in [0, 0.1) is 11.3 Å². The molecule has 0 fully saturated rings. The van der Waals surface area contributed by atoms with E-state index >= 15 is 0 Å². The van der Waals surface area contributed by atoms with Gasteiger partial charge in [0.1, 0.15) is 6.54 Å². The normalized spacial score (nSPS) is 9.85. The Balaban J connectivity index is 2.47. The predicted molar refractivity (Wildman–Crippen MR) is 80.2 cm³/mol. The second-order valence-corrected chi connectivity index (χ2v) is 4.81. The molecule has 0 amide bonds. The molecule has 3 nitrogen and oxygen atoms in total. The number of carbonyl (C=O) groups is 1. The molecule has 0 aliphatic carbocycles. The highest BCUT2D eigenvalue weighted by Gasteiger charge is 2.16.